The fraction of sp³-hybridized carbons (Fsp3) is 0. The summed E-state index contributed by atoms with van der Waals surface area (Å²) in [4.78, 5) is 7.06. The summed E-state index contributed by atoms with van der Waals surface area (Å²) in [5, 5.41) is 1.01. The Morgan fingerprint density at radius 1 is 0.432 bits per heavy atom. The third kappa shape index (κ3) is 4.71. The second-order valence-corrected chi connectivity index (χ2v) is 10.9. The molecule has 2 aromatic heterocycles. The summed E-state index contributed by atoms with van der Waals surface area (Å²) in [5.41, 5.74) is 12.4. The monoisotopic (exact) mass is 564 g/mol. The van der Waals surface area contributed by atoms with E-state index in [2.05, 4.69) is 138 Å². The molecule has 8 rings (SSSR count). The molecule has 0 fully saturated rings. The highest BCUT2D eigenvalue weighted by Gasteiger charge is 2.21. The highest BCUT2D eigenvalue weighted by Crippen LogP contribution is 2.44. The van der Waals surface area contributed by atoms with E-state index in [1.807, 2.05) is 36.5 Å². The van der Waals surface area contributed by atoms with Gasteiger partial charge in [-0.2, -0.15) is 0 Å². The lowest BCUT2D eigenvalue weighted by Gasteiger charge is -2.27. The van der Waals surface area contributed by atoms with Gasteiger partial charge in [0.25, 0.3) is 0 Å². The van der Waals surface area contributed by atoms with Gasteiger partial charge in [-0.05, 0) is 81.9 Å². The lowest BCUT2D eigenvalue weighted by atomic mass is 9.97. The summed E-state index contributed by atoms with van der Waals surface area (Å²) in [6.07, 6.45) is 1.88. The smallest absolute Gasteiger partial charge is 0.177 e. The van der Waals surface area contributed by atoms with E-state index < -0.39 is 0 Å². The van der Waals surface area contributed by atoms with Crippen molar-refractivity contribution in [2.24, 2.45) is 0 Å². The number of fused-ring (bicyclic) bond motifs is 3. The van der Waals surface area contributed by atoms with Crippen LogP contribution in [0.3, 0.4) is 0 Å². The molecule has 0 aliphatic rings. The number of rotatable bonds is 6. The molecule has 8 aromatic rings. The van der Waals surface area contributed by atoms with E-state index >= 15 is 0 Å². The first-order valence-corrected chi connectivity index (χ1v) is 14.8. The van der Waals surface area contributed by atoms with Crippen LogP contribution in [0.2, 0.25) is 0 Å². The lowest BCUT2D eigenvalue weighted by molar-refractivity contribution is 0.668. The molecule has 0 saturated heterocycles. The van der Waals surface area contributed by atoms with Gasteiger partial charge in [0.1, 0.15) is 11.1 Å². The van der Waals surface area contributed by atoms with Crippen LogP contribution in [0, 0.1) is 0 Å². The summed E-state index contributed by atoms with van der Waals surface area (Å²) in [7, 11) is 0. The van der Waals surface area contributed by atoms with Gasteiger partial charge in [-0.25, -0.2) is 0 Å². The average Bonchev–Trinajstić information content (AvgIpc) is 3.49. The average molecular weight is 565 g/mol. The molecule has 3 nitrogen and oxygen atoms in total. The number of aromatic nitrogens is 1. The van der Waals surface area contributed by atoms with E-state index in [-0.39, 0.29) is 0 Å². The first-order chi connectivity index (χ1) is 21.8. The largest absolute Gasteiger partial charge is 0.452 e. The van der Waals surface area contributed by atoms with Crippen LogP contribution in [0.15, 0.2) is 174 Å². The topological polar surface area (TPSA) is 29.3 Å². The van der Waals surface area contributed by atoms with Gasteiger partial charge in [-0.15, -0.1) is 0 Å². The number of furan rings is 1. The van der Waals surface area contributed by atoms with Crippen molar-refractivity contribution in [1.29, 1.82) is 0 Å². The van der Waals surface area contributed by atoms with Crippen LogP contribution in [0.1, 0.15) is 0 Å². The standard InChI is InChI=1S/C41H28N2O/c1-4-12-29(13-5-1)32-20-22-35(23-21-32)43(38-24-25-42-40-37-18-10-11-19-39(37)44-41(38)40)36-27-33(30-14-6-2-7-15-30)26-34(28-36)31-16-8-3-9-17-31/h1-28H. The van der Waals surface area contributed by atoms with Gasteiger partial charge < -0.3 is 9.32 Å². The van der Waals surface area contributed by atoms with Crippen molar-refractivity contribution in [3.8, 4) is 33.4 Å². The highest BCUT2D eigenvalue weighted by molar-refractivity contribution is 6.08. The number of nitrogens with zero attached hydrogens (tertiary/aromatic N) is 2. The fourth-order valence-electron chi connectivity index (χ4n) is 5.96. The van der Waals surface area contributed by atoms with Crippen LogP contribution >= 0.6 is 0 Å². The zero-order chi connectivity index (χ0) is 29.3. The minimum Gasteiger partial charge on any atom is -0.452 e. The van der Waals surface area contributed by atoms with Gasteiger partial charge in [0.05, 0.1) is 5.69 Å². The van der Waals surface area contributed by atoms with Crippen molar-refractivity contribution in [3.05, 3.63) is 170 Å². The van der Waals surface area contributed by atoms with Crippen LogP contribution in [-0.2, 0) is 0 Å². The molecule has 0 amide bonds. The molecule has 44 heavy (non-hydrogen) atoms. The summed E-state index contributed by atoms with van der Waals surface area (Å²) < 4.78 is 6.53. The maximum atomic E-state index is 6.53. The molecule has 2 heterocycles. The third-order valence-corrected chi connectivity index (χ3v) is 8.10. The summed E-state index contributed by atoms with van der Waals surface area (Å²) >= 11 is 0. The normalized spacial score (nSPS) is 11.2. The Bertz CT molecular complexity index is 2150. The van der Waals surface area contributed by atoms with Crippen LogP contribution in [-0.4, -0.2) is 4.98 Å². The van der Waals surface area contributed by atoms with E-state index in [4.69, 9.17) is 9.40 Å². The van der Waals surface area contributed by atoms with Gasteiger partial charge in [0.2, 0.25) is 0 Å². The van der Waals surface area contributed by atoms with Crippen LogP contribution in [0.25, 0.3) is 55.4 Å². The van der Waals surface area contributed by atoms with Crippen molar-refractivity contribution >= 4 is 39.1 Å². The number of hydrogen-bond donors (Lipinski definition) is 0. The number of para-hydroxylation sites is 1. The summed E-state index contributed by atoms with van der Waals surface area (Å²) in [6.45, 7) is 0. The molecule has 0 spiro atoms. The molecule has 0 radical (unpaired) electrons. The Morgan fingerprint density at radius 2 is 0.955 bits per heavy atom. The molecule has 0 atom stereocenters. The molecule has 0 N–H and O–H groups in total. The first kappa shape index (κ1) is 25.8. The van der Waals surface area contributed by atoms with Gasteiger partial charge in [0.15, 0.2) is 5.58 Å². The zero-order valence-electron chi connectivity index (χ0n) is 24.0. The van der Waals surface area contributed by atoms with E-state index in [9.17, 15) is 0 Å². The Morgan fingerprint density at radius 3 is 1.57 bits per heavy atom. The molecule has 0 unspecified atom stereocenters. The summed E-state index contributed by atoms with van der Waals surface area (Å²) in [6, 6.07) is 57.3. The van der Waals surface area contributed by atoms with Gasteiger partial charge in [0, 0.05) is 23.0 Å². The number of anilines is 3. The molecular formula is C41H28N2O. The first-order valence-electron chi connectivity index (χ1n) is 14.8. The Kier molecular flexibility index (Phi) is 6.47. The van der Waals surface area contributed by atoms with Gasteiger partial charge in [-0.1, -0.05) is 115 Å². The minimum atomic E-state index is 0.757. The molecule has 0 aliphatic carbocycles. The third-order valence-electron chi connectivity index (χ3n) is 8.10. The van der Waals surface area contributed by atoms with Crippen LogP contribution < -0.4 is 4.90 Å². The summed E-state index contributed by atoms with van der Waals surface area (Å²) in [5.74, 6) is 0. The molecule has 3 heteroatoms. The molecule has 208 valence electrons. The second-order valence-electron chi connectivity index (χ2n) is 10.9. The van der Waals surface area contributed by atoms with Crippen LogP contribution in [0.5, 0.6) is 0 Å². The van der Waals surface area contributed by atoms with E-state index in [1.54, 1.807) is 0 Å². The molecule has 6 aromatic carbocycles. The predicted octanol–water partition coefficient (Wildman–Crippen LogP) is 11.5. The SMILES string of the molecule is c1ccc(-c2ccc(N(c3cc(-c4ccccc4)cc(-c4ccccc4)c3)c3ccnc4c3oc3ccccc34)cc2)cc1. The lowest BCUT2D eigenvalue weighted by Crippen LogP contribution is -2.11. The predicted molar refractivity (Wildman–Crippen MR) is 183 cm³/mol. The highest BCUT2D eigenvalue weighted by atomic mass is 16.3. The van der Waals surface area contributed by atoms with Crippen molar-refractivity contribution in [3.63, 3.8) is 0 Å². The van der Waals surface area contributed by atoms with E-state index in [0.29, 0.717) is 0 Å². The van der Waals surface area contributed by atoms with Crippen molar-refractivity contribution < 1.29 is 4.42 Å². The van der Waals surface area contributed by atoms with Gasteiger partial charge >= 0.3 is 0 Å². The van der Waals surface area contributed by atoms with Crippen LogP contribution in [0.4, 0.5) is 17.1 Å². The fourth-order valence-corrected chi connectivity index (χ4v) is 5.96. The van der Waals surface area contributed by atoms with Crippen molar-refractivity contribution in [2.45, 2.75) is 0 Å². The second kappa shape index (κ2) is 11.0. The maximum absolute atomic E-state index is 6.53. The zero-order valence-corrected chi connectivity index (χ0v) is 24.0. The van der Waals surface area contributed by atoms with Crippen molar-refractivity contribution in [1.82, 2.24) is 4.98 Å². The van der Waals surface area contributed by atoms with Gasteiger partial charge in [-0.3, -0.25) is 4.98 Å². The number of benzene rings is 6. The Hall–Kier alpha value is -5.93. The van der Waals surface area contributed by atoms with E-state index in [0.717, 1.165) is 61.4 Å². The molecular weight excluding hydrogens is 536 g/mol. The maximum Gasteiger partial charge on any atom is 0.177 e. The number of pyridine rings is 1. The number of hydrogen-bond acceptors (Lipinski definition) is 3. The minimum absolute atomic E-state index is 0.757. The Labute approximate surface area is 256 Å². The quantitative estimate of drug-likeness (QED) is 0.201. The Balaban J connectivity index is 1.38. The molecule has 0 aliphatic heterocycles. The molecule has 0 saturated carbocycles. The molecule has 0 bridgehead atoms. The van der Waals surface area contributed by atoms with Crippen molar-refractivity contribution in [2.75, 3.05) is 4.90 Å². The van der Waals surface area contributed by atoms with E-state index in [1.165, 1.54) is 11.1 Å².